The van der Waals surface area contributed by atoms with E-state index in [9.17, 15) is 9.59 Å². The molecule has 7 heteroatoms. The molecule has 3 N–H and O–H groups in total. The van der Waals surface area contributed by atoms with Crippen molar-refractivity contribution in [3.05, 3.63) is 46.2 Å². The number of carbonyl (C=O) groups is 1. The zero-order valence-corrected chi connectivity index (χ0v) is 10.0. The van der Waals surface area contributed by atoms with E-state index in [4.69, 9.17) is 9.84 Å². The van der Waals surface area contributed by atoms with E-state index in [2.05, 4.69) is 15.5 Å². The number of carboxylic acids is 1. The molecule has 2 rings (SSSR count). The first-order valence-electron chi connectivity index (χ1n) is 5.34. The third-order valence-electron chi connectivity index (χ3n) is 2.40. The van der Waals surface area contributed by atoms with Crippen molar-refractivity contribution < 1.29 is 14.6 Å². The number of nitrogens with one attached hydrogen (secondary N) is 2. The van der Waals surface area contributed by atoms with Crippen LogP contribution in [0.2, 0.25) is 0 Å². The van der Waals surface area contributed by atoms with E-state index in [1.807, 2.05) is 0 Å². The molecule has 0 aliphatic rings. The van der Waals surface area contributed by atoms with Crippen LogP contribution in [-0.2, 0) is 0 Å². The van der Waals surface area contributed by atoms with Crippen molar-refractivity contribution in [3.8, 4) is 5.75 Å². The minimum Gasteiger partial charge on any atom is -0.497 e. The van der Waals surface area contributed by atoms with Gasteiger partial charge in [-0.1, -0.05) is 0 Å². The number of ether oxygens (including phenoxy) is 1. The third kappa shape index (κ3) is 2.89. The van der Waals surface area contributed by atoms with Crippen LogP contribution in [0.3, 0.4) is 0 Å². The monoisotopic (exact) mass is 261 g/mol. The standard InChI is InChI=1S/C12H11N3O4/c1-19-7-2-3-9(8(6-7)12(17)18)13-10-4-5-11(16)15-14-10/h2-6H,1H3,(H,13,14)(H,15,16)(H,17,18). The normalized spacial score (nSPS) is 9.95. The summed E-state index contributed by atoms with van der Waals surface area (Å²) in [5, 5.41) is 17.9. The van der Waals surface area contributed by atoms with Crippen LogP contribution in [0.5, 0.6) is 5.75 Å². The van der Waals surface area contributed by atoms with Crippen molar-refractivity contribution in [2.45, 2.75) is 0 Å². The van der Waals surface area contributed by atoms with Gasteiger partial charge in [-0.2, -0.15) is 5.10 Å². The molecule has 0 atom stereocenters. The Kier molecular flexibility index (Phi) is 3.46. The summed E-state index contributed by atoms with van der Waals surface area (Å²) in [4.78, 5) is 22.0. The third-order valence-corrected chi connectivity index (χ3v) is 2.40. The summed E-state index contributed by atoms with van der Waals surface area (Å²) in [7, 11) is 1.46. The summed E-state index contributed by atoms with van der Waals surface area (Å²) in [6, 6.07) is 7.33. The van der Waals surface area contributed by atoms with Gasteiger partial charge in [0.25, 0.3) is 5.56 Å². The predicted molar refractivity (Wildman–Crippen MR) is 68.1 cm³/mol. The van der Waals surface area contributed by atoms with Gasteiger partial charge in [0, 0.05) is 6.07 Å². The molecule has 0 spiro atoms. The fourth-order valence-electron chi connectivity index (χ4n) is 1.49. The van der Waals surface area contributed by atoms with Crippen LogP contribution < -0.4 is 15.6 Å². The highest BCUT2D eigenvalue weighted by atomic mass is 16.5. The first kappa shape index (κ1) is 12.6. The molecule has 0 aliphatic carbocycles. The second-order valence-electron chi connectivity index (χ2n) is 3.65. The van der Waals surface area contributed by atoms with E-state index >= 15 is 0 Å². The van der Waals surface area contributed by atoms with Gasteiger partial charge < -0.3 is 15.2 Å². The number of H-pyrrole nitrogens is 1. The molecule has 19 heavy (non-hydrogen) atoms. The van der Waals surface area contributed by atoms with E-state index < -0.39 is 5.97 Å². The molecular weight excluding hydrogens is 250 g/mol. The maximum absolute atomic E-state index is 11.2. The number of aromatic nitrogens is 2. The zero-order chi connectivity index (χ0) is 13.8. The van der Waals surface area contributed by atoms with Crippen molar-refractivity contribution in [1.29, 1.82) is 0 Å². The zero-order valence-electron chi connectivity index (χ0n) is 10.0. The topological polar surface area (TPSA) is 104 Å². The smallest absolute Gasteiger partial charge is 0.337 e. The van der Waals surface area contributed by atoms with E-state index in [1.165, 1.54) is 25.3 Å². The molecule has 0 radical (unpaired) electrons. The SMILES string of the molecule is COc1ccc(Nc2ccc(=O)[nH]n2)c(C(=O)O)c1. The average molecular weight is 261 g/mol. The highest BCUT2D eigenvalue weighted by molar-refractivity contribution is 5.95. The predicted octanol–water partition coefficient (Wildman–Crippen LogP) is 1.22. The number of methoxy groups -OCH3 is 1. The number of hydrogen-bond acceptors (Lipinski definition) is 5. The first-order valence-corrected chi connectivity index (χ1v) is 5.34. The molecule has 1 heterocycles. The number of carboxylic acid groups (broad SMARTS) is 1. The fraction of sp³-hybridized carbons (Fsp3) is 0.0833. The maximum atomic E-state index is 11.2. The summed E-state index contributed by atoms with van der Waals surface area (Å²) in [5.74, 6) is -0.310. The Hall–Kier alpha value is -2.83. The lowest BCUT2D eigenvalue weighted by molar-refractivity contribution is 0.0697. The number of aromatic amines is 1. The number of benzene rings is 1. The Morgan fingerprint density at radius 1 is 1.37 bits per heavy atom. The molecule has 0 fully saturated rings. The Labute approximate surface area is 107 Å². The molecule has 0 bridgehead atoms. The van der Waals surface area contributed by atoms with Crippen LogP contribution in [0.4, 0.5) is 11.5 Å². The van der Waals surface area contributed by atoms with Gasteiger partial charge in [0.15, 0.2) is 5.82 Å². The van der Waals surface area contributed by atoms with Gasteiger partial charge in [0.1, 0.15) is 5.75 Å². The lowest BCUT2D eigenvalue weighted by Gasteiger charge is -2.09. The quantitative estimate of drug-likeness (QED) is 0.764. The van der Waals surface area contributed by atoms with Gasteiger partial charge >= 0.3 is 5.97 Å². The molecule has 2 aromatic rings. The highest BCUT2D eigenvalue weighted by Gasteiger charge is 2.12. The average Bonchev–Trinajstić information content (AvgIpc) is 2.41. The van der Waals surface area contributed by atoms with Crippen molar-refractivity contribution >= 4 is 17.5 Å². The number of aromatic carboxylic acids is 1. The lowest BCUT2D eigenvalue weighted by atomic mass is 10.1. The van der Waals surface area contributed by atoms with Crippen molar-refractivity contribution in [1.82, 2.24) is 10.2 Å². The van der Waals surface area contributed by atoms with Gasteiger partial charge in [-0.25, -0.2) is 9.89 Å². The summed E-state index contributed by atoms with van der Waals surface area (Å²) in [5.41, 5.74) is 0.0685. The Bertz CT molecular complexity index is 646. The van der Waals surface area contributed by atoms with Gasteiger partial charge in [0.05, 0.1) is 18.4 Å². The summed E-state index contributed by atoms with van der Waals surface area (Å²) >= 11 is 0. The van der Waals surface area contributed by atoms with Crippen LogP contribution in [0.1, 0.15) is 10.4 Å². The second kappa shape index (κ2) is 5.21. The van der Waals surface area contributed by atoms with E-state index in [1.54, 1.807) is 12.1 Å². The number of anilines is 2. The molecule has 7 nitrogen and oxygen atoms in total. The highest BCUT2D eigenvalue weighted by Crippen LogP contribution is 2.24. The largest absolute Gasteiger partial charge is 0.497 e. The summed E-state index contributed by atoms with van der Waals surface area (Å²) in [6.45, 7) is 0. The van der Waals surface area contributed by atoms with Crippen molar-refractivity contribution in [2.24, 2.45) is 0 Å². The lowest BCUT2D eigenvalue weighted by Crippen LogP contribution is -2.09. The van der Waals surface area contributed by atoms with Gasteiger partial charge in [-0.3, -0.25) is 4.79 Å². The fourth-order valence-corrected chi connectivity index (χ4v) is 1.49. The molecule has 0 saturated carbocycles. The van der Waals surface area contributed by atoms with Crippen LogP contribution in [-0.4, -0.2) is 28.4 Å². The molecule has 0 saturated heterocycles. The molecule has 0 aliphatic heterocycles. The summed E-state index contributed by atoms with van der Waals surface area (Å²) in [6.07, 6.45) is 0. The Morgan fingerprint density at radius 3 is 2.74 bits per heavy atom. The van der Waals surface area contributed by atoms with Gasteiger partial charge in [-0.05, 0) is 24.3 Å². The van der Waals surface area contributed by atoms with E-state index in [0.29, 0.717) is 17.3 Å². The molecular formula is C12H11N3O4. The van der Waals surface area contributed by atoms with E-state index in [0.717, 1.165) is 0 Å². The van der Waals surface area contributed by atoms with Gasteiger partial charge in [-0.15, -0.1) is 0 Å². The van der Waals surface area contributed by atoms with Crippen molar-refractivity contribution in [3.63, 3.8) is 0 Å². The second-order valence-corrected chi connectivity index (χ2v) is 3.65. The van der Waals surface area contributed by atoms with Gasteiger partial charge in [0.2, 0.25) is 0 Å². The van der Waals surface area contributed by atoms with Crippen LogP contribution in [0.25, 0.3) is 0 Å². The first-order chi connectivity index (χ1) is 9.10. The molecule has 0 unspecified atom stereocenters. The number of hydrogen-bond donors (Lipinski definition) is 3. The van der Waals surface area contributed by atoms with Crippen molar-refractivity contribution in [2.75, 3.05) is 12.4 Å². The minimum absolute atomic E-state index is 0.0485. The molecule has 1 aromatic carbocycles. The molecule has 0 amide bonds. The summed E-state index contributed by atoms with van der Waals surface area (Å²) < 4.78 is 4.97. The van der Waals surface area contributed by atoms with Crippen LogP contribution >= 0.6 is 0 Å². The van der Waals surface area contributed by atoms with E-state index in [-0.39, 0.29) is 11.1 Å². The maximum Gasteiger partial charge on any atom is 0.337 e. The molecule has 98 valence electrons. The molecule has 1 aromatic heterocycles. The Morgan fingerprint density at radius 2 is 2.16 bits per heavy atom. The van der Waals surface area contributed by atoms with Crippen LogP contribution in [0, 0.1) is 0 Å². The number of nitrogens with zero attached hydrogens (tertiary/aromatic N) is 1. The van der Waals surface area contributed by atoms with Crippen LogP contribution in [0.15, 0.2) is 35.1 Å². The minimum atomic E-state index is -1.09. The Balaban J connectivity index is 2.36. The number of rotatable bonds is 4.